The molecule has 0 spiro atoms. The highest BCUT2D eigenvalue weighted by Gasteiger charge is 2.24. The highest BCUT2D eigenvalue weighted by atomic mass is 32.2. The van der Waals surface area contributed by atoms with Crippen LogP contribution in [0.3, 0.4) is 0 Å². The second-order valence-corrected chi connectivity index (χ2v) is 9.01. The van der Waals surface area contributed by atoms with E-state index in [0.717, 1.165) is 51.5 Å². The summed E-state index contributed by atoms with van der Waals surface area (Å²) < 4.78 is 0. The van der Waals surface area contributed by atoms with Gasteiger partial charge in [-0.2, -0.15) is 10.4 Å². The SMILES string of the molecule is CNc1cc2c(NC(C)c3cccc(C#N)c3C)nnc(C)c2cc1C(=O)N1CCSC1. The number of carbonyl (C=O) groups is 1. The van der Waals surface area contributed by atoms with Gasteiger partial charge in [0.2, 0.25) is 0 Å². The summed E-state index contributed by atoms with van der Waals surface area (Å²) in [6.07, 6.45) is 0. The van der Waals surface area contributed by atoms with Crippen LogP contribution in [0, 0.1) is 25.2 Å². The van der Waals surface area contributed by atoms with E-state index >= 15 is 0 Å². The van der Waals surface area contributed by atoms with Crippen molar-refractivity contribution in [2.45, 2.75) is 26.8 Å². The fourth-order valence-electron chi connectivity index (χ4n) is 4.09. The number of rotatable bonds is 5. The van der Waals surface area contributed by atoms with E-state index < -0.39 is 0 Å². The lowest BCUT2D eigenvalue weighted by Crippen LogP contribution is -2.28. The molecule has 2 aromatic carbocycles. The van der Waals surface area contributed by atoms with Gasteiger partial charge in [0.25, 0.3) is 5.91 Å². The van der Waals surface area contributed by atoms with Crippen LogP contribution in [0.15, 0.2) is 30.3 Å². The third kappa shape index (κ3) is 3.96. The van der Waals surface area contributed by atoms with Crippen molar-refractivity contribution in [3.8, 4) is 6.07 Å². The maximum Gasteiger partial charge on any atom is 0.256 e. The molecule has 0 saturated carbocycles. The number of nitrogens with one attached hydrogen (secondary N) is 2. The number of fused-ring (bicyclic) bond motifs is 1. The second kappa shape index (κ2) is 9.05. The summed E-state index contributed by atoms with van der Waals surface area (Å²) in [5, 5.41) is 26.6. The zero-order chi connectivity index (χ0) is 22.8. The molecule has 2 N–H and O–H groups in total. The minimum atomic E-state index is -0.0792. The topological polar surface area (TPSA) is 93.9 Å². The van der Waals surface area contributed by atoms with Crippen LogP contribution in [0.2, 0.25) is 0 Å². The number of carbonyl (C=O) groups excluding carboxylic acids is 1. The van der Waals surface area contributed by atoms with Gasteiger partial charge in [-0.1, -0.05) is 12.1 Å². The first-order chi connectivity index (χ1) is 15.4. The molecule has 1 aliphatic rings. The summed E-state index contributed by atoms with van der Waals surface area (Å²) in [7, 11) is 1.82. The lowest BCUT2D eigenvalue weighted by molar-refractivity contribution is 0.0804. The number of nitrogens with zero attached hydrogens (tertiary/aromatic N) is 4. The molecule has 0 radical (unpaired) electrons. The Kier molecular flexibility index (Phi) is 6.19. The van der Waals surface area contributed by atoms with E-state index in [1.54, 1.807) is 11.8 Å². The van der Waals surface area contributed by atoms with Crippen molar-refractivity contribution in [3.63, 3.8) is 0 Å². The van der Waals surface area contributed by atoms with Crippen LogP contribution in [0.25, 0.3) is 10.8 Å². The van der Waals surface area contributed by atoms with Gasteiger partial charge >= 0.3 is 0 Å². The number of aryl methyl sites for hydroxylation is 1. The van der Waals surface area contributed by atoms with E-state index in [-0.39, 0.29) is 11.9 Å². The maximum absolute atomic E-state index is 13.1. The number of thioether (sulfide) groups is 1. The Bertz CT molecular complexity index is 1230. The molecule has 8 heteroatoms. The van der Waals surface area contributed by atoms with E-state index in [1.165, 1.54) is 0 Å². The predicted octanol–water partition coefficient (Wildman–Crippen LogP) is 4.48. The number of anilines is 2. The first-order valence-electron chi connectivity index (χ1n) is 10.6. The normalized spacial score (nSPS) is 14.3. The van der Waals surface area contributed by atoms with Crippen molar-refractivity contribution in [2.24, 2.45) is 0 Å². The molecule has 7 nitrogen and oxygen atoms in total. The zero-order valence-corrected chi connectivity index (χ0v) is 19.5. The van der Waals surface area contributed by atoms with Gasteiger partial charge in [0.05, 0.1) is 34.8 Å². The van der Waals surface area contributed by atoms with Gasteiger partial charge in [-0.3, -0.25) is 4.79 Å². The van der Waals surface area contributed by atoms with Crippen LogP contribution in [-0.2, 0) is 0 Å². The number of amides is 1. The third-order valence-corrected chi connectivity index (χ3v) is 6.92. The van der Waals surface area contributed by atoms with E-state index in [1.807, 2.05) is 63.1 Å². The van der Waals surface area contributed by atoms with Gasteiger partial charge in [-0.15, -0.1) is 16.9 Å². The van der Waals surface area contributed by atoms with Gasteiger partial charge in [0.15, 0.2) is 5.82 Å². The molecule has 32 heavy (non-hydrogen) atoms. The molecular weight excluding hydrogens is 420 g/mol. The molecule has 0 aliphatic carbocycles. The summed E-state index contributed by atoms with van der Waals surface area (Å²) in [5.74, 6) is 2.37. The van der Waals surface area contributed by atoms with Gasteiger partial charge in [0.1, 0.15) is 0 Å². The molecule has 1 aliphatic heterocycles. The Morgan fingerprint density at radius 2 is 2.06 bits per heavy atom. The number of nitriles is 1. The van der Waals surface area contributed by atoms with Crippen LogP contribution in [-0.4, -0.2) is 46.2 Å². The standard InChI is InChI=1S/C24H26N6OS/c1-14-17(12-25)6-5-7-18(14)15(2)27-23-20-11-22(26-4)21(10-19(20)16(3)28-29-23)24(31)30-8-9-32-13-30/h5-7,10-11,15,26H,8-9,13H2,1-4H3,(H,27,29). The summed E-state index contributed by atoms with van der Waals surface area (Å²) in [5.41, 5.74) is 4.84. The molecule has 3 aromatic rings. The maximum atomic E-state index is 13.1. The summed E-state index contributed by atoms with van der Waals surface area (Å²) in [4.78, 5) is 15.0. The zero-order valence-electron chi connectivity index (χ0n) is 18.7. The van der Waals surface area contributed by atoms with Gasteiger partial charge in [-0.25, -0.2) is 0 Å². The molecule has 164 valence electrons. The Morgan fingerprint density at radius 1 is 1.25 bits per heavy atom. The molecule has 1 unspecified atom stereocenters. The van der Waals surface area contributed by atoms with Crippen LogP contribution < -0.4 is 10.6 Å². The summed E-state index contributed by atoms with van der Waals surface area (Å²) in [6.45, 7) is 6.67. The quantitative estimate of drug-likeness (QED) is 0.597. The molecular formula is C24H26N6OS. The predicted molar refractivity (Wildman–Crippen MR) is 130 cm³/mol. The van der Waals surface area contributed by atoms with Crippen LogP contribution >= 0.6 is 11.8 Å². The van der Waals surface area contributed by atoms with E-state index in [0.29, 0.717) is 16.9 Å². The van der Waals surface area contributed by atoms with Crippen molar-refractivity contribution < 1.29 is 4.79 Å². The molecule has 1 saturated heterocycles. The lowest BCUT2D eigenvalue weighted by Gasteiger charge is -2.21. The minimum Gasteiger partial charge on any atom is -0.387 e. The number of hydrogen-bond acceptors (Lipinski definition) is 7. The van der Waals surface area contributed by atoms with Crippen LogP contribution in [0.5, 0.6) is 0 Å². The minimum absolute atomic E-state index is 0.0317. The van der Waals surface area contributed by atoms with Gasteiger partial charge in [-0.05, 0) is 50.1 Å². The molecule has 1 fully saturated rings. The molecule has 1 aromatic heterocycles. The van der Waals surface area contributed by atoms with Crippen molar-refractivity contribution in [3.05, 3.63) is 58.3 Å². The number of benzene rings is 2. The first-order valence-corrected chi connectivity index (χ1v) is 11.7. The smallest absolute Gasteiger partial charge is 0.256 e. The molecule has 2 heterocycles. The van der Waals surface area contributed by atoms with E-state index in [9.17, 15) is 10.1 Å². The highest BCUT2D eigenvalue weighted by Crippen LogP contribution is 2.33. The second-order valence-electron chi connectivity index (χ2n) is 7.93. The monoisotopic (exact) mass is 446 g/mol. The number of hydrogen-bond donors (Lipinski definition) is 2. The summed E-state index contributed by atoms with van der Waals surface area (Å²) in [6, 6.07) is 11.8. The van der Waals surface area contributed by atoms with Crippen molar-refractivity contribution >= 4 is 39.9 Å². The Labute approximate surface area is 192 Å². The largest absolute Gasteiger partial charge is 0.387 e. The van der Waals surface area contributed by atoms with Gasteiger partial charge < -0.3 is 15.5 Å². The molecule has 1 atom stereocenters. The fourth-order valence-corrected chi connectivity index (χ4v) is 5.03. The van der Waals surface area contributed by atoms with Crippen molar-refractivity contribution in [1.82, 2.24) is 15.1 Å². The van der Waals surface area contributed by atoms with Crippen molar-refractivity contribution in [1.29, 1.82) is 5.26 Å². The Balaban J connectivity index is 1.76. The fraction of sp³-hybridized carbons (Fsp3) is 0.333. The first kappa shape index (κ1) is 21.9. The molecule has 0 bridgehead atoms. The Hall–Kier alpha value is -3.31. The summed E-state index contributed by atoms with van der Waals surface area (Å²) >= 11 is 1.77. The highest BCUT2D eigenvalue weighted by molar-refractivity contribution is 7.99. The lowest BCUT2D eigenvalue weighted by atomic mass is 9.98. The Morgan fingerprint density at radius 3 is 2.75 bits per heavy atom. The number of aromatic nitrogens is 2. The molecule has 4 rings (SSSR count). The molecule has 1 amide bonds. The third-order valence-electron chi connectivity index (χ3n) is 5.96. The average molecular weight is 447 g/mol. The van der Waals surface area contributed by atoms with E-state index in [2.05, 4.69) is 26.9 Å². The van der Waals surface area contributed by atoms with Crippen LogP contribution in [0.4, 0.5) is 11.5 Å². The van der Waals surface area contributed by atoms with Crippen LogP contribution in [0.1, 0.15) is 45.7 Å². The van der Waals surface area contributed by atoms with Gasteiger partial charge in [0, 0.05) is 35.8 Å². The van der Waals surface area contributed by atoms with E-state index in [4.69, 9.17) is 0 Å². The van der Waals surface area contributed by atoms with Crippen molar-refractivity contribution in [2.75, 3.05) is 35.9 Å². The average Bonchev–Trinajstić information content (AvgIpc) is 3.35.